The molecule has 2 amide bonds. The van der Waals surface area contributed by atoms with E-state index in [1.54, 1.807) is 18.5 Å². The molecule has 4 aromatic rings. The number of primary amides is 1. The van der Waals surface area contributed by atoms with Gasteiger partial charge in [0.05, 0.1) is 41.0 Å². The standard InChI is InChI=1S/C26H22F4N4O4S/c1-2-38-23-16(11-21(31)35)10-20(34-22(23)14-3-6-17(27)7-4-14)25(37,26(28,29)30)12-32-24(36)15-5-8-18-19(9-15)39-13-33-18/h3-10,13,37H,2,11-12H2,1H3,(H2,31,35)(H,32,36)/t25-/m0/s1. The maximum atomic E-state index is 14.4. The Kier molecular flexibility index (Phi) is 7.84. The number of ether oxygens (including phenoxy) is 1. The smallest absolute Gasteiger partial charge is 0.424 e. The van der Waals surface area contributed by atoms with Crippen LogP contribution in [0.1, 0.15) is 28.5 Å². The first-order valence-electron chi connectivity index (χ1n) is 11.5. The van der Waals surface area contributed by atoms with Crippen LogP contribution in [0.25, 0.3) is 21.5 Å². The summed E-state index contributed by atoms with van der Waals surface area (Å²) in [6.45, 7) is 0.377. The minimum absolute atomic E-state index is 0.0434. The maximum Gasteiger partial charge on any atom is 0.424 e. The van der Waals surface area contributed by atoms with Crippen molar-refractivity contribution in [3.05, 3.63) is 76.7 Å². The third-order valence-electron chi connectivity index (χ3n) is 5.81. The van der Waals surface area contributed by atoms with Crippen LogP contribution in [0.3, 0.4) is 0 Å². The van der Waals surface area contributed by atoms with Crippen LogP contribution >= 0.6 is 11.3 Å². The molecule has 0 radical (unpaired) electrons. The Morgan fingerprint density at radius 1 is 1.13 bits per heavy atom. The van der Waals surface area contributed by atoms with Gasteiger partial charge in [-0.3, -0.25) is 9.59 Å². The quantitative estimate of drug-likeness (QED) is 0.264. The summed E-state index contributed by atoms with van der Waals surface area (Å²) in [7, 11) is 0. The number of hydrogen-bond donors (Lipinski definition) is 3. The lowest BCUT2D eigenvalue weighted by Gasteiger charge is -2.31. The van der Waals surface area contributed by atoms with E-state index in [4.69, 9.17) is 10.5 Å². The lowest BCUT2D eigenvalue weighted by molar-refractivity contribution is -0.265. The first kappa shape index (κ1) is 27.9. The van der Waals surface area contributed by atoms with Crippen LogP contribution in [0.2, 0.25) is 0 Å². The van der Waals surface area contributed by atoms with Gasteiger partial charge in [-0.2, -0.15) is 13.2 Å². The van der Waals surface area contributed by atoms with Gasteiger partial charge < -0.3 is 20.9 Å². The van der Waals surface area contributed by atoms with Crippen molar-refractivity contribution in [1.82, 2.24) is 15.3 Å². The van der Waals surface area contributed by atoms with E-state index in [2.05, 4.69) is 15.3 Å². The van der Waals surface area contributed by atoms with Crippen LogP contribution in [0.15, 0.2) is 54.0 Å². The van der Waals surface area contributed by atoms with Gasteiger partial charge in [0, 0.05) is 16.7 Å². The van der Waals surface area contributed by atoms with Crippen molar-refractivity contribution in [3.8, 4) is 17.0 Å². The predicted molar refractivity (Wildman–Crippen MR) is 136 cm³/mol. The molecule has 0 aliphatic rings. The fourth-order valence-corrected chi connectivity index (χ4v) is 4.58. The largest absolute Gasteiger partial charge is 0.491 e. The number of pyridine rings is 1. The summed E-state index contributed by atoms with van der Waals surface area (Å²) < 4.78 is 63.1. The molecular weight excluding hydrogens is 540 g/mol. The lowest BCUT2D eigenvalue weighted by atomic mass is 9.93. The fraction of sp³-hybridized carbons (Fsp3) is 0.231. The molecule has 0 aliphatic heterocycles. The number of nitrogens with one attached hydrogen (secondary N) is 1. The molecular formula is C26H22F4N4O4S. The van der Waals surface area contributed by atoms with E-state index < -0.39 is 48.1 Å². The average molecular weight is 563 g/mol. The van der Waals surface area contributed by atoms with Gasteiger partial charge in [0.2, 0.25) is 11.5 Å². The number of carbonyl (C=O) groups is 2. The number of nitrogens with zero attached hydrogens (tertiary/aromatic N) is 2. The van der Waals surface area contributed by atoms with Crippen molar-refractivity contribution >= 4 is 33.4 Å². The monoisotopic (exact) mass is 562 g/mol. The summed E-state index contributed by atoms with van der Waals surface area (Å²) in [5.74, 6) is -2.38. The zero-order valence-electron chi connectivity index (χ0n) is 20.4. The lowest BCUT2D eigenvalue weighted by Crippen LogP contribution is -2.51. The highest BCUT2D eigenvalue weighted by molar-refractivity contribution is 7.16. The molecule has 4 N–H and O–H groups in total. The molecule has 1 atom stereocenters. The van der Waals surface area contributed by atoms with Crippen molar-refractivity contribution < 1.29 is 37.0 Å². The number of nitrogens with two attached hydrogens (primary N) is 1. The molecule has 0 bridgehead atoms. The molecule has 0 aliphatic carbocycles. The van der Waals surface area contributed by atoms with Gasteiger partial charge in [0.15, 0.2) is 0 Å². The van der Waals surface area contributed by atoms with Crippen LogP contribution in [-0.4, -0.2) is 46.2 Å². The Morgan fingerprint density at radius 3 is 2.49 bits per heavy atom. The van der Waals surface area contributed by atoms with E-state index in [9.17, 15) is 32.3 Å². The Hall–Kier alpha value is -4.10. The van der Waals surface area contributed by atoms with Gasteiger partial charge in [-0.05, 0) is 55.5 Å². The summed E-state index contributed by atoms with van der Waals surface area (Å²) in [5.41, 5.74) is 2.92. The summed E-state index contributed by atoms with van der Waals surface area (Å²) in [5, 5.41) is 13.2. The molecule has 204 valence electrons. The number of halogens is 4. The summed E-state index contributed by atoms with van der Waals surface area (Å²) in [6, 6.07) is 9.97. The Balaban J connectivity index is 1.79. The number of benzene rings is 2. The van der Waals surface area contributed by atoms with Gasteiger partial charge in [-0.1, -0.05) is 0 Å². The van der Waals surface area contributed by atoms with E-state index in [0.29, 0.717) is 10.2 Å². The predicted octanol–water partition coefficient (Wildman–Crippen LogP) is 4.10. The molecule has 13 heteroatoms. The van der Waals surface area contributed by atoms with Gasteiger partial charge in [0.1, 0.15) is 17.3 Å². The topological polar surface area (TPSA) is 127 Å². The van der Waals surface area contributed by atoms with E-state index in [1.807, 2.05) is 0 Å². The third kappa shape index (κ3) is 5.83. The summed E-state index contributed by atoms with van der Waals surface area (Å²) in [6.07, 6.45) is -5.85. The number of hydrogen-bond acceptors (Lipinski definition) is 7. The summed E-state index contributed by atoms with van der Waals surface area (Å²) in [4.78, 5) is 32.7. The highest BCUT2D eigenvalue weighted by atomic mass is 32.1. The van der Waals surface area contributed by atoms with Crippen LogP contribution in [0, 0.1) is 5.82 Å². The highest BCUT2D eigenvalue weighted by Gasteiger charge is 2.56. The molecule has 0 saturated carbocycles. The molecule has 2 aromatic carbocycles. The van der Waals surface area contributed by atoms with Crippen molar-refractivity contribution in [3.63, 3.8) is 0 Å². The molecule has 0 spiro atoms. The van der Waals surface area contributed by atoms with Crippen molar-refractivity contribution in [2.45, 2.75) is 25.1 Å². The highest BCUT2D eigenvalue weighted by Crippen LogP contribution is 2.42. The molecule has 0 fully saturated rings. The van der Waals surface area contributed by atoms with Crippen molar-refractivity contribution in [2.75, 3.05) is 13.2 Å². The first-order valence-corrected chi connectivity index (χ1v) is 12.4. The molecule has 4 rings (SSSR count). The molecule has 2 heterocycles. The molecule has 2 aromatic heterocycles. The zero-order chi connectivity index (χ0) is 28.4. The van der Waals surface area contributed by atoms with Crippen molar-refractivity contribution in [1.29, 1.82) is 0 Å². The SMILES string of the molecule is CCOc1c(CC(N)=O)cc([C@@](O)(CNC(=O)c2ccc3ncsc3c2)C(F)(F)F)nc1-c1ccc(F)cc1. The van der Waals surface area contributed by atoms with E-state index in [0.717, 1.165) is 18.2 Å². The number of amides is 2. The number of fused-ring (bicyclic) bond motifs is 1. The zero-order valence-corrected chi connectivity index (χ0v) is 21.2. The van der Waals surface area contributed by atoms with Gasteiger partial charge in [-0.15, -0.1) is 11.3 Å². The Morgan fingerprint density at radius 2 is 1.85 bits per heavy atom. The molecule has 8 nitrogen and oxygen atoms in total. The summed E-state index contributed by atoms with van der Waals surface area (Å²) >= 11 is 1.25. The van der Waals surface area contributed by atoms with Crippen LogP contribution in [0.4, 0.5) is 17.6 Å². The second kappa shape index (κ2) is 10.9. The van der Waals surface area contributed by atoms with Gasteiger partial charge in [0.25, 0.3) is 5.91 Å². The minimum Gasteiger partial charge on any atom is -0.491 e. The third-order valence-corrected chi connectivity index (χ3v) is 6.60. The molecule has 0 saturated heterocycles. The number of alkyl halides is 3. The van der Waals surface area contributed by atoms with E-state index >= 15 is 0 Å². The Bertz CT molecular complexity index is 1520. The number of rotatable bonds is 9. The maximum absolute atomic E-state index is 14.4. The van der Waals surface area contributed by atoms with E-state index in [1.165, 1.54) is 35.6 Å². The number of carbonyl (C=O) groups excluding carboxylic acids is 2. The van der Waals surface area contributed by atoms with Gasteiger partial charge in [-0.25, -0.2) is 14.4 Å². The van der Waals surface area contributed by atoms with Gasteiger partial charge >= 0.3 is 6.18 Å². The van der Waals surface area contributed by atoms with E-state index in [-0.39, 0.29) is 34.7 Å². The van der Waals surface area contributed by atoms with Crippen molar-refractivity contribution in [2.24, 2.45) is 5.73 Å². The van der Waals surface area contributed by atoms with Crippen LogP contribution in [0.5, 0.6) is 5.75 Å². The average Bonchev–Trinajstić information content (AvgIpc) is 3.35. The number of thiazole rings is 1. The number of aliphatic hydroxyl groups is 1. The fourth-order valence-electron chi connectivity index (χ4n) is 3.87. The second-order valence-electron chi connectivity index (χ2n) is 8.50. The minimum atomic E-state index is -5.31. The second-order valence-corrected chi connectivity index (χ2v) is 9.39. The Labute approximate surface area is 223 Å². The number of aromatic nitrogens is 2. The normalized spacial score (nSPS) is 13.2. The molecule has 39 heavy (non-hydrogen) atoms. The first-order chi connectivity index (χ1) is 18.4. The van der Waals surface area contributed by atoms with Crippen LogP contribution < -0.4 is 15.8 Å². The van der Waals surface area contributed by atoms with Crippen LogP contribution in [-0.2, 0) is 16.8 Å². The molecule has 0 unspecified atom stereocenters.